The SMILES string of the molecule is CC.CCCCN[C@@H](C)c1ncc(-c2ccc3nc(-c4ccc(-c5cnc(CNCCC)[nH]5)cc4)c(OC)nc3c2)[nH]1. The molecule has 42 heavy (non-hydrogen) atoms. The second-order valence-electron chi connectivity index (χ2n) is 9.99. The third-order valence-corrected chi connectivity index (χ3v) is 6.94. The van der Waals surface area contributed by atoms with Crippen molar-refractivity contribution in [3.8, 4) is 39.7 Å². The predicted molar refractivity (Wildman–Crippen MR) is 171 cm³/mol. The maximum atomic E-state index is 5.68. The summed E-state index contributed by atoms with van der Waals surface area (Å²) in [5.41, 5.74) is 7.21. The normalized spacial score (nSPS) is 11.8. The molecule has 1 atom stereocenters. The highest BCUT2D eigenvalue weighted by Crippen LogP contribution is 2.32. The molecule has 0 unspecified atom stereocenters. The molecule has 0 saturated heterocycles. The Morgan fingerprint density at radius 3 is 2.26 bits per heavy atom. The summed E-state index contributed by atoms with van der Waals surface area (Å²) in [4.78, 5) is 25.7. The molecule has 4 N–H and O–H groups in total. The van der Waals surface area contributed by atoms with E-state index in [9.17, 15) is 0 Å². The van der Waals surface area contributed by atoms with Crippen molar-refractivity contribution in [1.29, 1.82) is 0 Å². The Kier molecular flexibility index (Phi) is 11.2. The molecule has 0 fully saturated rings. The number of imidazole rings is 2. The van der Waals surface area contributed by atoms with Crippen molar-refractivity contribution < 1.29 is 4.74 Å². The zero-order valence-electron chi connectivity index (χ0n) is 25.7. The fourth-order valence-electron chi connectivity index (χ4n) is 4.62. The van der Waals surface area contributed by atoms with Crippen molar-refractivity contribution in [2.24, 2.45) is 0 Å². The number of rotatable bonds is 13. The summed E-state index contributed by atoms with van der Waals surface area (Å²) in [5.74, 6) is 2.34. The van der Waals surface area contributed by atoms with Gasteiger partial charge in [0.2, 0.25) is 5.88 Å². The number of hydrogen-bond donors (Lipinski definition) is 4. The molecule has 2 aromatic carbocycles. The van der Waals surface area contributed by atoms with Crippen LogP contribution in [0.25, 0.3) is 44.8 Å². The average molecular weight is 569 g/mol. The Balaban J connectivity index is 0.00000198. The van der Waals surface area contributed by atoms with Crippen LogP contribution in [0, 0.1) is 0 Å². The topological polar surface area (TPSA) is 116 Å². The summed E-state index contributed by atoms with van der Waals surface area (Å²) in [7, 11) is 1.63. The lowest BCUT2D eigenvalue weighted by molar-refractivity contribution is 0.400. The molecule has 0 aliphatic carbocycles. The fourth-order valence-corrected chi connectivity index (χ4v) is 4.62. The fraction of sp³-hybridized carbons (Fsp3) is 0.394. The highest BCUT2D eigenvalue weighted by molar-refractivity contribution is 5.84. The molecule has 0 saturated carbocycles. The number of methoxy groups -OCH3 is 1. The summed E-state index contributed by atoms with van der Waals surface area (Å²) < 4.78 is 5.68. The van der Waals surface area contributed by atoms with Gasteiger partial charge in [-0.1, -0.05) is 64.4 Å². The number of hydrogen-bond acceptors (Lipinski definition) is 7. The Morgan fingerprint density at radius 2 is 1.52 bits per heavy atom. The summed E-state index contributed by atoms with van der Waals surface area (Å²) >= 11 is 0. The van der Waals surface area contributed by atoms with Crippen molar-refractivity contribution in [2.75, 3.05) is 20.2 Å². The van der Waals surface area contributed by atoms with Crippen LogP contribution in [0.15, 0.2) is 54.9 Å². The Labute approximate surface area is 249 Å². The van der Waals surface area contributed by atoms with Crippen LogP contribution in [-0.4, -0.2) is 50.1 Å². The molecule has 9 nitrogen and oxygen atoms in total. The van der Waals surface area contributed by atoms with Crippen LogP contribution >= 0.6 is 0 Å². The van der Waals surface area contributed by atoms with Gasteiger partial charge in [-0.15, -0.1) is 0 Å². The van der Waals surface area contributed by atoms with Crippen LogP contribution in [0.2, 0.25) is 0 Å². The number of unbranched alkanes of at least 4 members (excludes halogenated alkanes) is 1. The molecule has 3 heterocycles. The van der Waals surface area contributed by atoms with Crippen LogP contribution in [0.1, 0.15) is 71.6 Å². The summed E-state index contributed by atoms with van der Waals surface area (Å²) in [6, 6.07) is 14.4. The van der Waals surface area contributed by atoms with E-state index in [1.54, 1.807) is 7.11 Å². The Morgan fingerprint density at radius 1 is 0.810 bits per heavy atom. The van der Waals surface area contributed by atoms with Gasteiger partial charge in [-0.3, -0.25) is 0 Å². The largest absolute Gasteiger partial charge is 0.479 e. The first kappa shape index (κ1) is 30.9. The summed E-state index contributed by atoms with van der Waals surface area (Å²) in [6.07, 6.45) is 7.16. The minimum Gasteiger partial charge on any atom is -0.479 e. The highest BCUT2D eigenvalue weighted by atomic mass is 16.5. The van der Waals surface area contributed by atoms with E-state index in [-0.39, 0.29) is 6.04 Å². The minimum absolute atomic E-state index is 0.160. The summed E-state index contributed by atoms with van der Waals surface area (Å²) in [6.45, 7) is 13.2. The van der Waals surface area contributed by atoms with Crippen LogP contribution in [0.5, 0.6) is 5.88 Å². The smallest absolute Gasteiger partial charge is 0.240 e. The minimum atomic E-state index is 0.160. The van der Waals surface area contributed by atoms with E-state index >= 15 is 0 Å². The molecule has 0 amide bonds. The van der Waals surface area contributed by atoms with Crippen LogP contribution in [0.3, 0.4) is 0 Å². The van der Waals surface area contributed by atoms with E-state index in [1.807, 2.05) is 56.6 Å². The lowest BCUT2D eigenvalue weighted by Crippen LogP contribution is -2.20. The number of aromatic nitrogens is 6. The number of fused-ring (bicyclic) bond motifs is 1. The monoisotopic (exact) mass is 568 g/mol. The van der Waals surface area contributed by atoms with E-state index in [0.29, 0.717) is 11.6 Å². The third kappa shape index (κ3) is 7.40. The van der Waals surface area contributed by atoms with Gasteiger partial charge in [0.25, 0.3) is 0 Å². The van der Waals surface area contributed by atoms with Crippen LogP contribution < -0.4 is 15.4 Å². The van der Waals surface area contributed by atoms with Crippen molar-refractivity contribution in [2.45, 2.75) is 66.5 Å². The molecule has 5 aromatic rings. The van der Waals surface area contributed by atoms with Gasteiger partial charge in [0, 0.05) is 11.1 Å². The molecule has 0 aliphatic rings. The zero-order chi connectivity index (χ0) is 29.9. The second kappa shape index (κ2) is 15.2. The molecule has 5 rings (SSSR count). The number of aromatic amines is 2. The summed E-state index contributed by atoms with van der Waals surface area (Å²) in [5, 5.41) is 6.88. The van der Waals surface area contributed by atoms with E-state index in [1.165, 1.54) is 6.42 Å². The molecule has 0 bridgehead atoms. The van der Waals surface area contributed by atoms with Gasteiger partial charge in [0.15, 0.2) is 0 Å². The number of H-pyrrole nitrogens is 2. The Hall–Kier alpha value is -4.08. The van der Waals surface area contributed by atoms with Crippen molar-refractivity contribution in [1.82, 2.24) is 40.5 Å². The molecule has 222 valence electrons. The van der Waals surface area contributed by atoms with E-state index in [2.05, 4.69) is 63.5 Å². The van der Waals surface area contributed by atoms with Gasteiger partial charge < -0.3 is 25.3 Å². The lowest BCUT2D eigenvalue weighted by Gasteiger charge is -2.11. The van der Waals surface area contributed by atoms with E-state index in [4.69, 9.17) is 14.7 Å². The van der Waals surface area contributed by atoms with E-state index in [0.717, 1.165) is 83.2 Å². The van der Waals surface area contributed by atoms with Crippen LogP contribution in [0.4, 0.5) is 0 Å². The van der Waals surface area contributed by atoms with Crippen molar-refractivity contribution in [3.63, 3.8) is 0 Å². The first-order chi connectivity index (χ1) is 20.6. The molecule has 3 aromatic heterocycles. The molecular formula is C33H44N8O. The van der Waals surface area contributed by atoms with Gasteiger partial charge >= 0.3 is 0 Å². The van der Waals surface area contributed by atoms with E-state index < -0.39 is 0 Å². The number of benzene rings is 2. The van der Waals surface area contributed by atoms with Crippen molar-refractivity contribution >= 4 is 11.0 Å². The average Bonchev–Trinajstić information content (AvgIpc) is 3.72. The maximum Gasteiger partial charge on any atom is 0.240 e. The zero-order valence-corrected chi connectivity index (χ0v) is 25.7. The predicted octanol–water partition coefficient (Wildman–Crippen LogP) is 7.06. The van der Waals surface area contributed by atoms with Gasteiger partial charge in [0.05, 0.1) is 54.5 Å². The number of nitrogens with one attached hydrogen (secondary N) is 4. The van der Waals surface area contributed by atoms with Gasteiger partial charge in [-0.25, -0.2) is 19.9 Å². The first-order valence-electron chi connectivity index (χ1n) is 15.1. The number of ether oxygens (including phenoxy) is 1. The molecular weight excluding hydrogens is 524 g/mol. The lowest BCUT2D eigenvalue weighted by atomic mass is 10.1. The Bertz CT molecular complexity index is 1540. The molecule has 0 radical (unpaired) electrons. The van der Waals surface area contributed by atoms with Gasteiger partial charge in [-0.05, 0) is 50.6 Å². The molecule has 0 aliphatic heterocycles. The quantitative estimate of drug-likeness (QED) is 0.112. The highest BCUT2D eigenvalue weighted by Gasteiger charge is 2.15. The van der Waals surface area contributed by atoms with Crippen LogP contribution in [-0.2, 0) is 6.54 Å². The van der Waals surface area contributed by atoms with Gasteiger partial charge in [0.1, 0.15) is 17.3 Å². The third-order valence-electron chi connectivity index (χ3n) is 6.94. The molecule has 0 spiro atoms. The van der Waals surface area contributed by atoms with Gasteiger partial charge in [-0.2, -0.15) is 0 Å². The maximum absolute atomic E-state index is 5.68. The standard InChI is InChI=1S/C31H38N8O.C2H6/c1-5-7-15-33-20(3)30-35-18-27(38-30)23-12-13-24-25(16-23)39-31(40-4)29(37-24)22-10-8-21(9-11-22)26-17-34-28(36-26)19-32-14-6-2;1-2/h8-13,16-18,20,32-33H,5-7,14-15,19H2,1-4H3,(H,34,36)(H,35,38);1-2H3/t20-;/m0./s1. The molecule has 9 heteroatoms. The first-order valence-corrected chi connectivity index (χ1v) is 15.1. The van der Waals surface area contributed by atoms with Crippen molar-refractivity contribution in [3.05, 3.63) is 66.5 Å². The second-order valence-corrected chi connectivity index (χ2v) is 9.99. The number of nitrogens with zero attached hydrogens (tertiary/aromatic N) is 4.